The van der Waals surface area contributed by atoms with Gasteiger partial charge in [-0.15, -0.1) is 11.3 Å². The van der Waals surface area contributed by atoms with Crippen molar-refractivity contribution in [3.8, 4) is 0 Å². The third-order valence-corrected chi connectivity index (χ3v) is 16.2. The van der Waals surface area contributed by atoms with Crippen molar-refractivity contribution < 1.29 is 4.42 Å². The van der Waals surface area contributed by atoms with Gasteiger partial charge in [0.15, 0.2) is 0 Å². The summed E-state index contributed by atoms with van der Waals surface area (Å²) < 4.78 is 5.20. The number of pyridine rings is 3. The predicted molar refractivity (Wildman–Crippen MR) is 383 cm³/mol. The Bertz CT molecular complexity index is 3170. The molecule has 0 unspecified atom stereocenters. The molecule has 0 fully saturated rings. The summed E-state index contributed by atoms with van der Waals surface area (Å²) in [6, 6.07) is 28.7. The first-order valence-electron chi connectivity index (χ1n) is 31.3. The monoisotopic (exact) mass is 1210 g/mol. The Balaban J connectivity index is 0.000000345. The Morgan fingerprint density at radius 3 is 1.27 bits per heavy atom. The number of furan rings is 1. The van der Waals surface area contributed by atoms with Crippen LogP contribution in [-0.4, -0.2) is 34.9 Å². The van der Waals surface area contributed by atoms with Gasteiger partial charge in [0.05, 0.1) is 23.0 Å². The fourth-order valence-electron chi connectivity index (χ4n) is 8.74. The van der Waals surface area contributed by atoms with Gasteiger partial charge >= 0.3 is 0 Å². The van der Waals surface area contributed by atoms with E-state index < -0.39 is 0 Å². The number of aryl methyl sites for hydroxylation is 2. The summed E-state index contributed by atoms with van der Waals surface area (Å²) in [4.78, 5) is 30.0. The average Bonchev–Trinajstić information content (AvgIpc) is 3.27. The number of fused-ring (bicyclic) bond motifs is 1. The molecule has 0 aliphatic carbocycles. The van der Waals surface area contributed by atoms with Crippen LogP contribution in [0.1, 0.15) is 250 Å². The zero-order valence-corrected chi connectivity index (χ0v) is 61.6. The first-order chi connectivity index (χ1) is 40.2. The molecule has 7 heterocycles. The molecule has 7 aromatic heterocycles. The van der Waals surface area contributed by atoms with Crippen molar-refractivity contribution in [3.05, 3.63) is 224 Å². The SMILES string of the molecule is CC(C)(C)c1ccccn1.CC(C)(C)c1ccco1.CC(C)(C)c1cccs1.CC(C)(C)c1ccncc1.CC(C)(C)c1cnccn1.CC(C)(C)c1nc2ccccc2[nH]1.Cc1c(C)c(C)c(C(C)(C)C)c(C)c1C.Cc1cc(C(C)(C)C)cnc1C. The lowest BCUT2D eigenvalue weighted by atomic mass is 9.77. The first-order valence-corrected chi connectivity index (χ1v) is 32.2. The molecular weight excluding hydrogens is 1090 g/mol. The van der Waals surface area contributed by atoms with Crippen LogP contribution < -0.4 is 0 Å². The van der Waals surface area contributed by atoms with Gasteiger partial charge in [-0.3, -0.25) is 24.9 Å². The minimum absolute atomic E-state index is 0.0962. The Hall–Kier alpha value is -6.58. The van der Waals surface area contributed by atoms with Gasteiger partial charge in [-0.25, -0.2) is 4.98 Å². The lowest BCUT2D eigenvalue weighted by molar-refractivity contribution is 0.409. The third-order valence-electron chi connectivity index (χ3n) is 14.9. The number of para-hydroxylation sites is 2. The minimum atomic E-state index is 0.0962. The summed E-state index contributed by atoms with van der Waals surface area (Å²) in [5.74, 6) is 2.09. The van der Waals surface area contributed by atoms with Crippen molar-refractivity contribution >= 4 is 22.4 Å². The summed E-state index contributed by atoms with van der Waals surface area (Å²) >= 11 is 1.83. The number of aromatic amines is 1. The average molecular weight is 1210 g/mol. The molecule has 480 valence electrons. The van der Waals surface area contributed by atoms with E-state index in [0.29, 0.717) is 5.41 Å². The second kappa shape index (κ2) is 32.8. The first kappa shape index (κ1) is 77.5. The largest absolute Gasteiger partial charge is 0.469 e. The van der Waals surface area contributed by atoms with Gasteiger partial charge in [-0.2, -0.15) is 0 Å². The van der Waals surface area contributed by atoms with Crippen LogP contribution in [0.5, 0.6) is 0 Å². The van der Waals surface area contributed by atoms with E-state index in [0.717, 1.165) is 39.7 Å². The number of nitrogens with zero attached hydrogens (tertiary/aromatic N) is 6. The van der Waals surface area contributed by atoms with Crippen LogP contribution in [0.2, 0.25) is 0 Å². The highest BCUT2D eigenvalue weighted by atomic mass is 32.1. The lowest BCUT2D eigenvalue weighted by Crippen LogP contribution is -2.17. The maximum Gasteiger partial charge on any atom is 0.112 e. The molecule has 9 heteroatoms. The molecule has 0 saturated carbocycles. The molecule has 88 heavy (non-hydrogen) atoms. The Kier molecular flexibility index (Phi) is 28.9. The zero-order chi connectivity index (χ0) is 67.4. The second-order valence-electron chi connectivity index (χ2n) is 31.2. The van der Waals surface area contributed by atoms with Crippen LogP contribution in [-0.2, 0) is 43.3 Å². The van der Waals surface area contributed by atoms with Crippen LogP contribution >= 0.6 is 11.3 Å². The number of imidazole rings is 1. The zero-order valence-electron chi connectivity index (χ0n) is 60.8. The number of hydrogen-bond donors (Lipinski definition) is 1. The molecule has 0 aliphatic heterocycles. The number of aromatic nitrogens is 7. The van der Waals surface area contributed by atoms with Crippen molar-refractivity contribution in [2.75, 3.05) is 0 Å². The van der Waals surface area contributed by atoms with Crippen molar-refractivity contribution in [3.63, 3.8) is 0 Å². The van der Waals surface area contributed by atoms with E-state index in [4.69, 9.17) is 4.42 Å². The number of benzene rings is 2. The number of thiophene rings is 1. The highest BCUT2D eigenvalue weighted by molar-refractivity contribution is 7.10. The van der Waals surface area contributed by atoms with Crippen LogP contribution in [0, 0.1) is 48.5 Å². The standard InChI is InChI=1S/C15H24.C11H14N2.C11H17N.2C9H13N.C8H12N2.C8H12O.C8H12S/c1-9-10(2)12(4)14(15(6,7)8)13(5)11(9)3;1-11(2,3)10-12-8-6-4-5-7-9(8)13-10;1-8-6-10(11(3,4)5)7-12-9(8)2;1-9(2,3)8-4-6-10-7-5-8;1-9(2,3)8-6-4-5-7-10-8;1-8(2,3)7-6-9-4-5-10-7;2*1-8(2,3)7-5-4-6-9-7/h1-8H3;4-7H,1-3H3,(H,12,13);6-7H,1-5H3;2*4-7H,1-3H3;4-6H,1-3H3;2*4-6H,1-3H3. The normalized spacial score (nSPS) is 11.8. The Labute approximate surface area is 540 Å². The van der Waals surface area contributed by atoms with Crippen molar-refractivity contribution in [2.24, 2.45) is 0 Å². The van der Waals surface area contributed by atoms with E-state index in [1.165, 1.54) is 54.9 Å². The summed E-state index contributed by atoms with van der Waals surface area (Å²) in [5, 5.41) is 2.13. The molecule has 0 spiro atoms. The van der Waals surface area contributed by atoms with E-state index in [-0.39, 0.29) is 37.9 Å². The number of nitrogens with one attached hydrogen (secondary N) is 1. The van der Waals surface area contributed by atoms with Gasteiger partial charge in [0.1, 0.15) is 11.6 Å². The van der Waals surface area contributed by atoms with E-state index in [1.54, 1.807) is 24.9 Å². The summed E-state index contributed by atoms with van der Waals surface area (Å²) in [6.07, 6.45) is 14.4. The molecule has 0 bridgehead atoms. The summed E-state index contributed by atoms with van der Waals surface area (Å²) in [5.41, 5.74) is 19.9. The van der Waals surface area contributed by atoms with Gasteiger partial charge in [0, 0.05) is 81.3 Å². The fourth-order valence-corrected chi connectivity index (χ4v) is 9.56. The molecule has 8 nitrogen and oxygen atoms in total. The number of hydrogen-bond acceptors (Lipinski definition) is 8. The van der Waals surface area contributed by atoms with E-state index >= 15 is 0 Å². The molecule has 9 rings (SSSR count). The summed E-state index contributed by atoms with van der Waals surface area (Å²) in [7, 11) is 0. The second-order valence-corrected chi connectivity index (χ2v) is 32.2. The third kappa shape index (κ3) is 26.6. The molecule has 0 saturated heterocycles. The van der Waals surface area contributed by atoms with Crippen LogP contribution in [0.15, 0.2) is 144 Å². The molecule has 0 amide bonds. The predicted octanol–water partition coefficient (Wildman–Crippen LogP) is 22.5. The maximum absolute atomic E-state index is 5.20. The van der Waals surface area contributed by atoms with Crippen molar-refractivity contribution in [1.29, 1.82) is 0 Å². The molecular formula is C79H117N7OS. The minimum Gasteiger partial charge on any atom is -0.469 e. The fraction of sp³-hybridized carbons (Fsp3) is 0.494. The highest BCUT2D eigenvalue weighted by Crippen LogP contribution is 2.35. The van der Waals surface area contributed by atoms with Gasteiger partial charge in [-0.1, -0.05) is 197 Å². The number of rotatable bonds is 0. The number of H-pyrrole nitrogens is 1. The van der Waals surface area contributed by atoms with E-state index in [9.17, 15) is 0 Å². The molecule has 0 radical (unpaired) electrons. The van der Waals surface area contributed by atoms with Crippen molar-refractivity contribution in [2.45, 2.75) is 258 Å². The Morgan fingerprint density at radius 1 is 0.398 bits per heavy atom. The van der Waals surface area contributed by atoms with Crippen LogP contribution in [0.4, 0.5) is 0 Å². The molecule has 9 aromatic rings. The van der Waals surface area contributed by atoms with E-state index in [1.807, 2.05) is 85.5 Å². The Morgan fingerprint density at radius 2 is 0.932 bits per heavy atom. The van der Waals surface area contributed by atoms with Gasteiger partial charge in [0.25, 0.3) is 0 Å². The molecule has 1 N–H and O–H groups in total. The van der Waals surface area contributed by atoms with Gasteiger partial charge in [-0.05, 0) is 180 Å². The van der Waals surface area contributed by atoms with Crippen LogP contribution in [0.3, 0.4) is 0 Å². The van der Waals surface area contributed by atoms with Gasteiger partial charge < -0.3 is 9.40 Å². The topological polar surface area (TPSA) is 106 Å². The van der Waals surface area contributed by atoms with Gasteiger partial charge in [0.2, 0.25) is 0 Å². The lowest BCUT2D eigenvalue weighted by Gasteiger charge is -2.28. The molecule has 2 aromatic carbocycles. The smallest absolute Gasteiger partial charge is 0.112 e. The molecule has 0 atom stereocenters. The van der Waals surface area contributed by atoms with Crippen LogP contribution in [0.25, 0.3) is 11.0 Å². The van der Waals surface area contributed by atoms with E-state index in [2.05, 4.69) is 290 Å². The summed E-state index contributed by atoms with van der Waals surface area (Å²) in [6.45, 7) is 67.9. The van der Waals surface area contributed by atoms with Crippen molar-refractivity contribution in [1.82, 2.24) is 34.9 Å². The molecule has 0 aliphatic rings. The highest BCUT2D eigenvalue weighted by Gasteiger charge is 2.23. The quantitative estimate of drug-likeness (QED) is 0.161. The maximum atomic E-state index is 5.20.